The Hall–Kier alpha value is -0.870. The Labute approximate surface area is 128 Å². The van der Waals surface area contributed by atoms with Crippen molar-refractivity contribution in [2.45, 2.75) is 43.6 Å². The van der Waals surface area contributed by atoms with Crippen LogP contribution < -0.4 is 10.6 Å². The van der Waals surface area contributed by atoms with Gasteiger partial charge in [0.2, 0.25) is 5.91 Å². The van der Waals surface area contributed by atoms with Crippen molar-refractivity contribution in [1.29, 1.82) is 0 Å². The van der Waals surface area contributed by atoms with Gasteiger partial charge in [0.15, 0.2) is 0 Å². The average Bonchev–Trinajstić information content (AvgIpc) is 3.07. The molecule has 1 atom stereocenters. The number of carbonyl (C=O) groups is 1. The minimum Gasteiger partial charge on any atom is -0.355 e. The largest absolute Gasteiger partial charge is 0.355 e. The summed E-state index contributed by atoms with van der Waals surface area (Å²) in [5.41, 5.74) is 1.52. The molecular weight excluding hydrogens is 316 g/mol. The predicted molar refractivity (Wildman–Crippen MR) is 83.7 cm³/mol. The maximum absolute atomic E-state index is 12.0. The smallest absolute Gasteiger partial charge is 0.221 e. The highest BCUT2D eigenvalue weighted by Crippen LogP contribution is 2.48. The molecule has 0 radical (unpaired) electrons. The van der Waals surface area contributed by atoms with E-state index in [1.807, 2.05) is 6.07 Å². The van der Waals surface area contributed by atoms with Gasteiger partial charge >= 0.3 is 0 Å². The van der Waals surface area contributed by atoms with Crippen LogP contribution in [0.25, 0.3) is 0 Å². The van der Waals surface area contributed by atoms with E-state index in [1.54, 1.807) is 0 Å². The van der Waals surface area contributed by atoms with Crippen LogP contribution in [-0.2, 0) is 10.2 Å². The quantitative estimate of drug-likeness (QED) is 0.867. The molecule has 1 saturated heterocycles. The molecule has 1 amide bonds. The lowest BCUT2D eigenvalue weighted by Gasteiger charge is -2.18. The summed E-state index contributed by atoms with van der Waals surface area (Å²) in [4.78, 5) is 12.0. The molecule has 1 heterocycles. The van der Waals surface area contributed by atoms with Gasteiger partial charge < -0.3 is 10.6 Å². The number of carbonyl (C=O) groups excluding carboxylic acids is 1. The van der Waals surface area contributed by atoms with E-state index < -0.39 is 0 Å². The Balaban J connectivity index is 1.53. The van der Waals surface area contributed by atoms with E-state index in [9.17, 15) is 4.79 Å². The van der Waals surface area contributed by atoms with Crippen molar-refractivity contribution in [2.24, 2.45) is 0 Å². The van der Waals surface area contributed by atoms with Crippen molar-refractivity contribution in [2.75, 3.05) is 13.1 Å². The molecule has 108 valence electrons. The van der Waals surface area contributed by atoms with Crippen molar-refractivity contribution < 1.29 is 4.79 Å². The summed E-state index contributed by atoms with van der Waals surface area (Å²) in [6, 6.07) is 8.85. The molecule has 2 aliphatic rings. The second kappa shape index (κ2) is 5.86. The van der Waals surface area contributed by atoms with Gasteiger partial charge in [0.1, 0.15) is 0 Å². The predicted octanol–water partition coefficient (Wildman–Crippen LogP) is 2.74. The van der Waals surface area contributed by atoms with Gasteiger partial charge in [-0.05, 0) is 49.9 Å². The number of nitrogens with one attached hydrogen (secondary N) is 2. The third kappa shape index (κ3) is 3.23. The first-order valence-electron chi connectivity index (χ1n) is 7.44. The van der Waals surface area contributed by atoms with Gasteiger partial charge in [-0.15, -0.1) is 0 Å². The molecule has 0 aromatic heterocycles. The van der Waals surface area contributed by atoms with Gasteiger partial charge in [-0.2, -0.15) is 0 Å². The molecule has 2 fully saturated rings. The first kappa shape index (κ1) is 14.1. The fourth-order valence-electron chi connectivity index (χ4n) is 3.03. The highest BCUT2D eigenvalue weighted by Gasteiger charge is 2.44. The van der Waals surface area contributed by atoms with E-state index in [0.717, 1.165) is 24.0 Å². The summed E-state index contributed by atoms with van der Waals surface area (Å²) in [7, 11) is 0. The highest BCUT2D eigenvalue weighted by atomic mass is 79.9. The van der Waals surface area contributed by atoms with Crippen LogP contribution in [0, 0.1) is 0 Å². The lowest BCUT2D eigenvalue weighted by molar-refractivity contribution is -0.121. The van der Waals surface area contributed by atoms with E-state index >= 15 is 0 Å². The number of hydrogen-bond donors (Lipinski definition) is 2. The van der Waals surface area contributed by atoms with E-state index in [0.29, 0.717) is 12.5 Å². The summed E-state index contributed by atoms with van der Waals surface area (Å²) in [5.74, 6) is 0.186. The van der Waals surface area contributed by atoms with Crippen molar-refractivity contribution in [3.8, 4) is 0 Å². The molecule has 3 rings (SSSR count). The Bertz CT molecular complexity index is 493. The van der Waals surface area contributed by atoms with Crippen LogP contribution >= 0.6 is 15.9 Å². The first-order valence-corrected chi connectivity index (χ1v) is 8.23. The van der Waals surface area contributed by atoms with Crippen LogP contribution in [0.2, 0.25) is 0 Å². The summed E-state index contributed by atoms with van der Waals surface area (Å²) in [5, 5.41) is 6.51. The van der Waals surface area contributed by atoms with Gasteiger partial charge in [-0.1, -0.05) is 28.1 Å². The molecule has 1 aliphatic carbocycles. The molecule has 3 nitrogen and oxygen atoms in total. The van der Waals surface area contributed by atoms with Crippen LogP contribution in [0.1, 0.15) is 37.7 Å². The van der Waals surface area contributed by atoms with Crippen LogP contribution in [0.3, 0.4) is 0 Å². The van der Waals surface area contributed by atoms with Crippen LogP contribution in [0.15, 0.2) is 28.7 Å². The number of rotatable bonds is 5. The molecule has 1 saturated carbocycles. The van der Waals surface area contributed by atoms with Crippen LogP contribution in [-0.4, -0.2) is 25.0 Å². The van der Waals surface area contributed by atoms with Gasteiger partial charge in [0, 0.05) is 28.9 Å². The molecule has 1 aromatic carbocycles. The third-order valence-electron chi connectivity index (χ3n) is 4.51. The van der Waals surface area contributed by atoms with Crippen molar-refractivity contribution >= 4 is 21.8 Å². The van der Waals surface area contributed by atoms with Gasteiger partial charge in [0.05, 0.1) is 0 Å². The first-order chi connectivity index (χ1) is 9.68. The maximum atomic E-state index is 12.0. The van der Waals surface area contributed by atoms with Crippen LogP contribution in [0.4, 0.5) is 0 Å². The zero-order valence-corrected chi connectivity index (χ0v) is 13.2. The van der Waals surface area contributed by atoms with E-state index in [4.69, 9.17) is 0 Å². The molecule has 2 N–H and O–H groups in total. The highest BCUT2D eigenvalue weighted by molar-refractivity contribution is 9.10. The van der Waals surface area contributed by atoms with E-state index in [1.165, 1.54) is 24.8 Å². The summed E-state index contributed by atoms with van der Waals surface area (Å²) in [6.45, 7) is 1.83. The fourth-order valence-corrected chi connectivity index (χ4v) is 3.43. The summed E-state index contributed by atoms with van der Waals surface area (Å²) in [6.07, 6.45) is 5.29. The number of benzene rings is 1. The third-order valence-corrected chi connectivity index (χ3v) is 5.00. The van der Waals surface area contributed by atoms with Gasteiger partial charge in [-0.25, -0.2) is 0 Å². The SMILES string of the molecule is O=C(CC1CCCN1)NCC1(c2cccc(Br)c2)CC1. The Morgan fingerprint density at radius 1 is 1.45 bits per heavy atom. The second-order valence-corrected chi connectivity index (χ2v) is 6.98. The number of hydrogen-bond acceptors (Lipinski definition) is 2. The van der Waals surface area contributed by atoms with Crippen molar-refractivity contribution in [3.63, 3.8) is 0 Å². The molecule has 1 aromatic rings. The Kier molecular flexibility index (Phi) is 4.13. The van der Waals surface area contributed by atoms with Crippen molar-refractivity contribution in [1.82, 2.24) is 10.6 Å². The molecular formula is C16H21BrN2O. The zero-order chi connectivity index (χ0) is 14.0. The maximum Gasteiger partial charge on any atom is 0.221 e. The summed E-state index contributed by atoms with van der Waals surface area (Å²) < 4.78 is 1.11. The van der Waals surface area contributed by atoms with Crippen molar-refractivity contribution in [3.05, 3.63) is 34.3 Å². The molecule has 20 heavy (non-hydrogen) atoms. The molecule has 1 unspecified atom stereocenters. The molecule has 1 aliphatic heterocycles. The zero-order valence-electron chi connectivity index (χ0n) is 11.6. The minimum absolute atomic E-state index is 0.183. The van der Waals surface area contributed by atoms with Gasteiger partial charge in [-0.3, -0.25) is 4.79 Å². The monoisotopic (exact) mass is 336 g/mol. The number of halogens is 1. The average molecular weight is 337 g/mol. The topological polar surface area (TPSA) is 41.1 Å². The molecule has 0 bridgehead atoms. The Morgan fingerprint density at radius 2 is 2.30 bits per heavy atom. The Morgan fingerprint density at radius 3 is 2.95 bits per heavy atom. The van der Waals surface area contributed by atoms with Gasteiger partial charge in [0.25, 0.3) is 0 Å². The van der Waals surface area contributed by atoms with E-state index in [2.05, 4.69) is 44.8 Å². The second-order valence-electron chi connectivity index (χ2n) is 6.06. The normalized spacial score (nSPS) is 23.6. The minimum atomic E-state index is 0.183. The molecule has 0 spiro atoms. The van der Waals surface area contributed by atoms with E-state index in [-0.39, 0.29) is 11.3 Å². The standard InChI is InChI=1S/C16H21BrN2O/c17-13-4-1-3-12(9-13)16(6-7-16)11-19-15(20)10-14-5-2-8-18-14/h1,3-4,9,14,18H,2,5-8,10-11H2,(H,19,20). The van der Waals surface area contributed by atoms with Crippen LogP contribution in [0.5, 0.6) is 0 Å². The fraction of sp³-hybridized carbons (Fsp3) is 0.562. The number of amides is 1. The molecule has 4 heteroatoms. The lowest BCUT2D eigenvalue weighted by Crippen LogP contribution is -2.36. The summed E-state index contributed by atoms with van der Waals surface area (Å²) >= 11 is 3.53. The lowest BCUT2D eigenvalue weighted by atomic mass is 9.96.